The van der Waals surface area contributed by atoms with Gasteiger partial charge in [0.2, 0.25) is 5.91 Å². The molecule has 0 spiro atoms. The van der Waals surface area contributed by atoms with Gasteiger partial charge in [-0.25, -0.2) is 8.42 Å². The van der Waals surface area contributed by atoms with Crippen molar-refractivity contribution >= 4 is 43.2 Å². The molecular formula is C29H27N3O3S. The summed E-state index contributed by atoms with van der Waals surface area (Å²) in [5, 5.41) is 5.38. The molecule has 3 heterocycles. The van der Waals surface area contributed by atoms with Crippen molar-refractivity contribution in [3.05, 3.63) is 102 Å². The molecule has 0 saturated carbocycles. The Hall–Kier alpha value is -3.84. The first-order chi connectivity index (χ1) is 17.5. The van der Waals surface area contributed by atoms with Gasteiger partial charge in [0.15, 0.2) is 9.84 Å². The van der Waals surface area contributed by atoms with Crippen molar-refractivity contribution in [2.24, 2.45) is 5.92 Å². The van der Waals surface area contributed by atoms with Crippen LogP contribution >= 0.6 is 0 Å². The van der Waals surface area contributed by atoms with Gasteiger partial charge in [-0.15, -0.1) is 0 Å². The minimum Gasteiger partial charge on any atom is -0.361 e. The first-order valence-electron chi connectivity index (χ1n) is 12.2. The van der Waals surface area contributed by atoms with Gasteiger partial charge in [0.05, 0.1) is 17.4 Å². The van der Waals surface area contributed by atoms with Crippen LogP contribution < -0.4 is 5.32 Å². The van der Waals surface area contributed by atoms with E-state index in [4.69, 9.17) is 0 Å². The number of rotatable bonds is 6. The highest BCUT2D eigenvalue weighted by Gasteiger charge is 2.33. The number of fused-ring (bicyclic) bond motifs is 2. The van der Waals surface area contributed by atoms with Crippen molar-refractivity contribution in [2.75, 3.05) is 16.8 Å². The van der Waals surface area contributed by atoms with Gasteiger partial charge in [0.25, 0.3) is 0 Å². The highest BCUT2D eigenvalue weighted by atomic mass is 32.2. The molecule has 3 N–H and O–H groups in total. The highest BCUT2D eigenvalue weighted by Crippen LogP contribution is 2.38. The second kappa shape index (κ2) is 8.99. The molecule has 7 heteroatoms. The third kappa shape index (κ3) is 4.20. The molecule has 1 amide bonds. The van der Waals surface area contributed by atoms with E-state index in [1.165, 1.54) is 21.9 Å². The number of aromatic nitrogens is 2. The monoisotopic (exact) mass is 497 g/mol. The molecule has 182 valence electrons. The predicted octanol–water partition coefficient (Wildman–Crippen LogP) is 5.40. The number of carbonyl (C=O) groups excluding carboxylic acids is 1. The molecule has 0 bridgehead atoms. The van der Waals surface area contributed by atoms with Crippen molar-refractivity contribution in [3.63, 3.8) is 0 Å². The molecule has 36 heavy (non-hydrogen) atoms. The number of sulfone groups is 1. The fraction of sp³-hybridized carbons (Fsp3) is 0.207. The lowest BCUT2D eigenvalue weighted by molar-refractivity contribution is -0.119. The van der Waals surface area contributed by atoms with E-state index < -0.39 is 15.8 Å². The molecule has 0 unspecified atom stereocenters. The number of anilines is 1. The van der Waals surface area contributed by atoms with Crippen LogP contribution in [0.2, 0.25) is 0 Å². The number of H-pyrrole nitrogens is 2. The minimum absolute atomic E-state index is 0.0298. The molecular weight excluding hydrogens is 470 g/mol. The Labute approximate surface area is 209 Å². The first-order valence-corrected chi connectivity index (χ1v) is 14.0. The molecule has 2 aromatic heterocycles. The van der Waals surface area contributed by atoms with Crippen LogP contribution in [-0.2, 0) is 21.1 Å². The summed E-state index contributed by atoms with van der Waals surface area (Å²) >= 11 is 0. The van der Waals surface area contributed by atoms with E-state index in [0.29, 0.717) is 12.8 Å². The number of amides is 1. The number of carbonyl (C=O) groups is 1. The maximum Gasteiger partial charge on any atom is 0.228 e. The van der Waals surface area contributed by atoms with Crippen LogP contribution in [0.3, 0.4) is 0 Å². The van der Waals surface area contributed by atoms with Crippen LogP contribution in [0.5, 0.6) is 0 Å². The van der Waals surface area contributed by atoms with Crippen LogP contribution in [-0.4, -0.2) is 35.8 Å². The summed E-state index contributed by atoms with van der Waals surface area (Å²) in [7, 11) is -3.13. The minimum atomic E-state index is -3.13. The molecule has 0 aliphatic carbocycles. The molecule has 6 rings (SSSR count). The fourth-order valence-corrected chi connectivity index (χ4v) is 7.17. The highest BCUT2D eigenvalue weighted by molar-refractivity contribution is 7.91. The average molecular weight is 498 g/mol. The second-order valence-corrected chi connectivity index (χ2v) is 11.8. The summed E-state index contributed by atoms with van der Waals surface area (Å²) in [6, 6.07) is 24.4. The Morgan fingerprint density at radius 2 is 1.44 bits per heavy atom. The topological polar surface area (TPSA) is 94.8 Å². The SMILES string of the molecule is O=C(Nc1ccccc1CC(c1c[nH]c2ccccc12)c1c[nH]c2ccccc12)[C@@H]1CCS(=O)(=O)C1. The summed E-state index contributed by atoms with van der Waals surface area (Å²) in [5.74, 6) is -0.688. The van der Waals surface area contributed by atoms with Crippen LogP contribution in [0, 0.1) is 5.92 Å². The molecule has 6 nitrogen and oxygen atoms in total. The molecule has 1 fully saturated rings. The van der Waals surface area contributed by atoms with Crippen molar-refractivity contribution in [1.29, 1.82) is 0 Å². The fourth-order valence-electron chi connectivity index (χ4n) is 5.43. The summed E-state index contributed by atoms with van der Waals surface area (Å²) in [5.41, 5.74) is 6.29. The summed E-state index contributed by atoms with van der Waals surface area (Å²) in [6.45, 7) is 0. The largest absolute Gasteiger partial charge is 0.361 e. The van der Waals surface area contributed by atoms with Gasteiger partial charge in [-0.1, -0.05) is 54.6 Å². The van der Waals surface area contributed by atoms with E-state index in [-0.39, 0.29) is 23.3 Å². The second-order valence-electron chi connectivity index (χ2n) is 9.58. The number of aromatic amines is 2. The Kier molecular flexibility index (Phi) is 5.64. The lowest BCUT2D eigenvalue weighted by atomic mass is 9.85. The zero-order chi connectivity index (χ0) is 24.7. The summed E-state index contributed by atoms with van der Waals surface area (Å²) < 4.78 is 23.8. The van der Waals surface area contributed by atoms with Gasteiger partial charge in [0, 0.05) is 45.8 Å². The van der Waals surface area contributed by atoms with E-state index in [2.05, 4.69) is 64.1 Å². The zero-order valence-electron chi connectivity index (χ0n) is 19.7. The quantitative estimate of drug-likeness (QED) is 0.293. The standard InChI is InChI=1S/C29H27N3O3S/c33-29(20-13-14-36(34,35)18-20)32-26-10-4-1-7-19(26)15-23(24-16-30-27-11-5-2-8-21(24)27)25-17-31-28-12-6-3-9-22(25)28/h1-12,16-17,20,23,30-31H,13-15,18H2,(H,32,33)/t20-/m1/s1. The number of para-hydroxylation sites is 3. The van der Waals surface area contributed by atoms with Gasteiger partial charge in [-0.05, 0) is 47.7 Å². The average Bonchev–Trinajstić information content (AvgIpc) is 3.60. The molecule has 1 atom stereocenters. The maximum absolute atomic E-state index is 13.0. The van der Waals surface area contributed by atoms with Crippen LogP contribution in [0.4, 0.5) is 5.69 Å². The van der Waals surface area contributed by atoms with E-state index in [1.807, 2.05) is 36.4 Å². The van der Waals surface area contributed by atoms with E-state index in [0.717, 1.165) is 22.3 Å². The van der Waals surface area contributed by atoms with Crippen LogP contribution in [0.1, 0.15) is 29.0 Å². The molecule has 0 radical (unpaired) electrons. The molecule has 1 aliphatic heterocycles. The van der Waals surface area contributed by atoms with Gasteiger partial charge in [-0.2, -0.15) is 0 Å². The lowest BCUT2D eigenvalue weighted by Crippen LogP contribution is -2.24. The third-order valence-corrected chi connectivity index (χ3v) is 9.06. The molecule has 3 aromatic carbocycles. The van der Waals surface area contributed by atoms with Crippen molar-refractivity contribution < 1.29 is 13.2 Å². The lowest BCUT2D eigenvalue weighted by Gasteiger charge is -2.20. The Morgan fingerprint density at radius 1 is 0.861 bits per heavy atom. The third-order valence-electron chi connectivity index (χ3n) is 7.30. The summed E-state index contributed by atoms with van der Waals surface area (Å²) in [6.07, 6.45) is 5.22. The number of benzene rings is 3. The van der Waals surface area contributed by atoms with Gasteiger partial charge < -0.3 is 15.3 Å². The van der Waals surface area contributed by atoms with E-state index in [9.17, 15) is 13.2 Å². The van der Waals surface area contributed by atoms with E-state index in [1.54, 1.807) is 0 Å². The first kappa shape index (κ1) is 22.6. The number of hydrogen-bond donors (Lipinski definition) is 3. The van der Waals surface area contributed by atoms with Gasteiger partial charge in [-0.3, -0.25) is 4.79 Å². The normalized spacial score (nSPS) is 17.2. The zero-order valence-corrected chi connectivity index (χ0v) is 20.5. The molecule has 1 saturated heterocycles. The Balaban J connectivity index is 1.39. The maximum atomic E-state index is 13.0. The Morgan fingerprint density at radius 3 is 2.06 bits per heavy atom. The van der Waals surface area contributed by atoms with E-state index >= 15 is 0 Å². The van der Waals surface area contributed by atoms with Crippen molar-refractivity contribution in [1.82, 2.24) is 9.97 Å². The van der Waals surface area contributed by atoms with Crippen LogP contribution in [0.25, 0.3) is 21.8 Å². The van der Waals surface area contributed by atoms with Gasteiger partial charge >= 0.3 is 0 Å². The smallest absolute Gasteiger partial charge is 0.228 e. The molecule has 1 aliphatic rings. The summed E-state index contributed by atoms with van der Waals surface area (Å²) in [4.78, 5) is 19.8. The van der Waals surface area contributed by atoms with Crippen molar-refractivity contribution in [2.45, 2.75) is 18.8 Å². The predicted molar refractivity (Wildman–Crippen MR) is 144 cm³/mol. The van der Waals surface area contributed by atoms with Crippen LogP contribution in [0.15, 0.2) is 85.2 Å². The molecule has 5 aromatic rings. The number of nitrogens with one attached hydrogen (secondary N) is 3. The number of hydrogen-bond acceptors (Lipinski definition) is 3. The Bertz CT molecular complexity index is 1610. The van der Waals surface area contributed by atoms with Crippen molar-refractivity contribution in [3.8, 4) is 0 Å². The van der Waals surface area contributed by atoms with Gasteiger partial charge in [0.1, 0.15) is 0 Å².